The summed E-state index contributed by atoms with van der Waals surface area (Å²) in [6.07, 6.45) is 0.128. The number of fused-ring (bicyclic) bond motifs is 1. The molecule has 2 aromatic carbocycles. The van der Waals surface area contributed by atoms with Gasteiger partial charge < -0.3 is 15.5 Å². The van der Waals surface area contributed by atoms with Crippen LogP contribution < -0.4 is 15.5 Å². The number of anilines is 1. The summed E-state index contributed by atoms with van der Waals surface area (Å²) in [6, 6.07) is 16.3. The molecule has 7 nitrogen and oxygen atoms in total. The number of nitrogens with one attached hydrogen (secondary N) is 2. The Labute approximate surface area is 188 Å². The molecule has 0 aromatic heterocycles. The molecule has 3 atom stereocenters. The van der Waals surface area contributed by atoms with Gasteiger partial charge in [0.05, 0.1) is 11.4 Å². The Kier molecular flexibility index (Phi) is 7.41. The molecule has 1 heterocycles. The molecule has 32 heavy (non-hydrogen) atoms. The third-order valence-corrected chi connectivity index (χ3v) is 5.67. The van der Waals surface area contributed by atoms with Crippen molar-refractivity contribution < 1.29 is 14.4 Å². The number of carbonyl (C=O) groups excluding carboxylic acids is 3. The summed E-state index contributed by atoms with van der Waals surface area (Å²) in [5.41, 5.74) is 2.99. The Morgan fingerprint density at radius 3 is 2.41 bits per heavy atom. The second-order valence-electron chi connectivity index (χ2n) is 8.18. The molecule has 3 rings (SSSR count). The van der Waals surface area contributed by atoms with Crippen molar-refractivity contribution in [3.05, 3.63) is 65.7 Å². The molecule has 0 bridgehead atoms. The minimum Gasteiger partial charge on any atom is -0.345 e. The quantitative estimate of drug-likeness (QED) is 0.702. The highest BCUT2D eigenvalue weighted by atomic mass is 16.2. The number of carbonyl (C=O) groups is 3. The summed E-state index contributed by atoms with van der Waals surface area (Å²) in [7, 11) is 1.67. The molecule has 3 amide bonds. The van der Waals surface area contributed by atoms with Gasteiger partial charge in [-0.15, -0.1) is 0 Å². The van der Waals surface area contributed by atoms with E-state index in [0.29, 0.717) is 17.8 Å². The molecule has 7 heteroatoms. The molecule has 168 valence electrons. The molecule has 0 saturated heterocycles. The molecule has 2 N–H and O–H groups in total. The molecular formula is C25H30N4O3. The summed E-state index contributed by atoms with van der Waals surface area (Å²) in [5.74, 6) is -0.766. The van der Waals surface area contributed by atoms with E-state index >= 15 is 0 Å². The second kappa shape index (κ2) is 10.2. The van der Waals surface area contributed by atoms with Gasteiger partial charge in [0, 0.05) is 24.6 Å². The lowest BCUT2D eigenvalue weighted by atomic mass is 10.0. The Bertz CT molecular complexity index is 1020. The summed E-state index contributed by atoms with van der Waals surface area (Å²) in [6.45, 7) is 5.61. The normalized spacial score (nSPS) is 17.5. The first-order valence-electron chi connectivity index (χ1n) is 10.9. The van der Waals surface area contributed by atoms with Crippen LogP contribution in [0.1, 0.15) is 44.7 Å². The number of aliphatic imine (C=N–C) groups is 1. The average Bonchev–Trinajstić information content (AvgIpc) is 2.90. The molecule has 0 fully saturated rings. The lowest BCUT2D eigenvalue weighted by Gasteiger charge is -2.22. The number of likely N-dealkylation sites (N-methyl/N-ethyl adjacent to an activating group) is 1. The molecule has 0 radical (unpaired) electrons. The number of hydrogen-bond acceptors (Lipinski definition) is 4. The SMILES string of the molecule is CCC(C)CC(=O)N[C@@H](C)C(=O)N[C@H]1N=C(c2ccccc2)c2ccccc2N(C)C1=O. The van der Waals surface area contributed by atoms with Gasteiger partial charge in [0.15, 0.2) is 0 Å². The summed E-state index contributed by atoms with van der Waals surface area (Å²) in [4.78, 5) is 44.3. The average molecular weight is 435 g/mol. The van der Waals surface area contributed by atoms with Gasteiger partial charge in [-0.1, -0.05) is 68.8 Å². The smallest absolute Gasteiger partial charge is 0.272 e. The second-order valence-corrected chi connectivity index (χ2v) is 8.18. The Morgan fingerprint density at radius 2 is 1.72 bits per heavy atom. The van der Waals surface area contributed by atoms with Crippen LogP contribution in [-0.4, -0.2) is 42.7 Å². The van der Waals surface area contributed by atoms with Gasteiger partial charge in [0.1, 0.15) is 6.04 Å². The minimum atomic E-state index is -1.11. The van der Waals surface area contributed by atoms with E-state index in [-0.39, 0.29) is 17.7 Å². The fraction of sp³-hybridized carbons (Fsp3) is 0.360. The molecule has 2 aromatic rings. The van der Waals surface area contributed by atoms with Crippen molar-refractivity contribution >= 4 is 29.1 Å². The molecule has 1 unspecified atom stereocenters. The minimum absolute atomic E-state index is 0.188. The zero-order valence-corrected chi connectivity index (χ0v) is 19.0. The van der Waals surface area contributed by atoms with Crippen LogP contribution in [0.2, 0.25) is 0 Å². The van der Waals surface area contributed by atoms with Crippen LogP contribution in [0.5, 0.6) is 0 Å². The van der Waals surface area contributed by atoms with Crippen LogP contribution in [0.15, 0.2) is 59.6 Å². The third kappa shape index (κ3) is 5.22. The van der Waals surface area contributed by atoms with Crippen LogP contribution in [0.4, 0.5) is 5.69 Å². The molecule has 0 saturated carbocycles. The van der Waals surface area contributed by atoms with E-state index in [1.165, 1.54) is 4.90 Å². The zero-order valence-electron chi connectivity index (χ0n) is 19.0. The monoisotopic (exact) mass is 434 g/mol. The van der Waals surface area contributed by atoms with Crippen molar-refractivity contribution in [1.82, 2.24) is 10.6 Å². The van der Waals surface area contributed by atoms with Crippen LogP contribution in [0, 0.1) is 5.92 Å². The van der Waals surface area contributed by atoms with Crippen LogP contribution >= 0.6 is 0 Å². The topological polar surface area (TPSA) is 90.9 Å². The van der Waals surface area contributed by atoms with Gasteiger partial charge in [0.2, 0.25) is 18.0 Å². The number of hydrogen-bond donors (Lipinski definition) is 2. The Hall–Kier alpha value is -3.48. The highest BCUT2D eigenvalue weighted by Crippen LogP contribution is 2.27. The predicted octanol–water partition coefficient (Wildman–Crippen LogP) is 2.88. The molecule has 0 spiro atoms. The molecule has 1 aliphatic rings. The standard InChI is InChI=1S/C25H30N4O3/c1-5-16(2)15-21(30)26-17(3)24(31)28-23-25(32)29(4)20-14-10-9-13-19(20)22(27-23)18-11-7-6-8-12-18/h6-14,16-17,23H,5,15H2,1-4H3,(H,26,30)(H,28,31)/t16?,17-,23+/m0/s1. The first kappa shape index (κ1) is 23.2. The summed E-state index contributed by atoms with van der Waals surface area (Å²) in [5, 5.41) is 5.43. The van der Waals surface area contributed by atoms with Gasteiger partial charge in [-0.3, -0.25) is 14.4 Å². The van der Waals surface area contributed by atoms with Crippen molar-refractivity contribution in [2.24, 2.45) is 10.9 Å². The highest BCUT2D eigenvalue weighted by molar-refractivity contribution is 6.20. The van der Waals surface area contributed by atoms with E-state index in [1.54, 1.807) is 14.0 Å². The maximum Gasteiger partial charge on any atom is 0.272 e. The first-order valence-corrected chi connectivity index (χ1v) is 10.9. The van der Waals surface area contributed by atoms with E-state index in [0.717, 1.165) is 17.5 Å². The lowest BCUT2D eigenvalue weighted by molar-refractivity contribution is -0.131. The van der Waals surface area contributed by atoms with Crippen LogP contribution in [0.25, 0.3) is 0 Å². The molecule has 0 aliphatic carbocycles. The Balaban J connectivity index is 1.87. The molecule has 1 aliphatic heterocycles. The van der Waals surface area contributed by atoms with Crippen molar-refractivity contribution in [1.29, 1.82) is 0 Å². The third-order valence-electron chi connectivity index (χ3n) is 5.67. The number of amides is 3. The van der Waals surface area contributed by atoms with Crippen LogP contribution in [-0.2, 0) is 14.4 Å². The van der Waals surface area contributed by atoms with E-state index in [1.807, 2.05) is 68.4 Å². The summed E-state index contributed by atoms with van der Waals surface area (Å²) >= 11 is 0. The maximum atomic E-state index is 13.2. The maximum absolute atomic E-state index is 13.2. The van der Waals surface area contributed by atoms with Crippen molar-refractivity contribution in [2.75, 3.05) is 11.9 Å². The number of rotatable bonds is 7. The number of benzodiazepines with no additional fused rings is 1. The summed E-state index contributed by atoms with van der Waals surface area (Å²) < 4.78 is 0. The van der Waals surface area contributed by atoms with Gasteiger partial charge in [0.25, 0.3) is 5.91 Å². The van der Waals surface area contributed by atoms with Crippen molar-refractivity contribution in [3.8, 4) is 0 Å². The number of nitrogens with zero attached hydrogens (tertiary/aromatic N) is 2. The Morgan fingerprint density at radius 1 is 1.06 bits per heavy atom. The van der Waals surface area contributed by atoms with E-state index in [4.69, 9.17) is 0 Å². The zero-order chi connectivity index (χ0) is 23.3. The molecular weight excluding hydrogens is 404 g/mol. The van der Waals surface area contributed by atoms with Gasteiger partial charge in [-0.2, -0.15) is 0 Å². The fourth-order valence-corrected chi connectivity index (χ4v) is 3.53. The van der Waals surface area contributed by atoms with Gasteiger partial charge in [-0.05, 0) is 18.9 Å². The van der Waals surface area contributed by atoms with Crippen molar-refractivity contribution in [2.45, 2.75) is 45.8 Å². The van der Waals surface area contributed by atoms with Crippen molar-refractivity contribution in [3.63, 3.8) is 0 Å². The van der Waals surface area contributed by atoms with E-state index < -0.39 is 18.1 Å². The predicted molar refractivity (Wildman–Crippen MR) is 126 cm³/mol. The van der Waals surface area contributed by atoms with Gasteiger partial charge in [-0.25, -0.2) is 4.99 Å². The first-order chi connectivity index (χ1) is 15.3. The number of para-hydroxylation sites is 1. The van der Waals surface area contributed by atoms with E-state index in [2.05, 4.69) is 15.6 Å². The lowest BCUT2D eigenvalue weighted by Crippen LogP contribution is -2.52. The van der Waals surface area contributed by atoms with Crippen LogP contribution in [0.3, 0.4) is 0 Å². The fourth-order valence-electron chi connectivity index (χ4n) is 3.53. The van der Waals surface area contributed by atoms with Gasteiger partial charge >= 0.3 is 0 Å². The highest BCUT2D eigenvalue weighted by Gasteiger charge is 2.32. The van der Waals surface area contributed by atoms with E-state index in [9.17, 15) is 14.4 Å². The largest absolute Gasteiger partial charge is 0.345 e. The number of benzene rings is 2.